The van der Waals surface area contributed by atoms with Gasteiger partial charge in [-0.1, -0.05) is 12.1 Å². The molecule has 0 unspecified atom stereocenters. The van der Waals surface area contributed by atoms with Crippen molar-refractivity contribution >= 4 is 23.4 Å². The summed E-state index contributed by atoms with van der Waals surface area (Å²) in [6.07, 6.45) is 0.323. The maximum absolute atomic E-state index is 12.1. The highest BCUT2D eigenvalue weighted by molar-refractivity contribution is 5.96. The minimum absolute atomic E-state index is 0.163. The number of rotatable bonds is 2. The summed E-state index contributed by atoms with van der Waals surface area (Å²) in [7, 11) is 0. The number of para-hydroxylation sites is 1. The van der Waals surface area contributed by atoms with E-state index in [4.69, 9.17) is 10.5 Å². The largest absolute Gasteiger partial charge is 0.447 e. The number of carbonyl (C=O) groups is 2. The van der Waals surface area contributed by atoms with Gasteiger partial charge >= 0.3 is 6.09 Å². The summed E-state index contributed by atoms with van der Waals surface area (Å²) in [4.78, 5) is 26.5. The molecule has 100 valence electrons. The molecule has 0 aromatic heterocycles. The van der Waals surface area contributed by atoms with E-state index in [1.54, 1.807) is 0 Å². The van der Waals surface area contributed by atoms with E-state index in [0.717, 1.165) is 29.1 Å². The van der Waals surface area contributed by atoms with Crippen LogP contribution >= 0.6 is 0 Å². The maximum Gasteiger partial charge on any atom is 0.416 e. The first kappa shape index (κ1) is 11.8. The molecule has 1 aromatic carbocycles. The molecule has 19 heavy (non-hydrogen) atoms. The predicted octanol–water partition coefficient (Wildman–Crippen LogP) is 0.610. The van der Waals surface area contributed by atoms with Gasteiger partial charge in [-0.3, -0.25) is 4.79 Å². The first-order valence-corrected chi connectivity index (χ1v) is 6.26. The number of imide groups is 1. The molecule has 0 atom stereocenters. The molecule has 6 heteroatoms. The second-order valence-corrected chi connectivity index (χ2v) is 4.69. The smallest absolute Gasteiger partial charge is 0.416 e. The fourth-order valence-electron chi connectivity index (χ4n) is 2.59. The number of nitrogens with two attached hydrogens (primary N) is 1. The predicted molar refractivity (Wildman–Crippen MR) is 69.8 cm³/mol. The van der Waals surface area contributed by atoms with Gasteiger partial charge in [0.15, 0.2) is 0 Å². The molecule has 1 aromatic rings. The summed E-state index contributed by atoms with van der Waals surface area (Å²) in [6.45, 7) is 1.53. The van der Waals surface area contributed by atoms with Crippen molar-refractivity contribution in [1.29, 1.82) is 0 Å². The Hall–Kier alpha value is -2.24. The van der Waals surface area contributed by atoms with Crippen LogP contribution in [0, 0.1) is 0 Å². The average molecular weight is 261 g/mol. The van der Waals surface area contributed by atoms with Crippen molar-refractivity contribution in [2.24, 2.45) is 0 Å². The van der Waals surface area contributed by atoms with Gasteiger partial charge in [-0.15, -0.1) is 0 Å². The number of carbonyl (C=O) groups excluding carboxylic acids is 2. The van der Waals surface area contributed by atoms with E-state index < -0.39 is 6.09 Å². The van der Waals surface area contributed by atoms with Crippen molar-refractivity contribution < 1.29 is 14.3 Å². The monoisotopic (exact) mass is 261 g/mol. The molecule has 0 spiro atoms. The summed E-state index contributed by atoms with van der Waals surface area (Å²) >= 11 is 0. The number of nitrogen functional groups attached to an aromatic ring is 1. The molecule has 2 heterocycles. The quantitative estimate of drug-likeness (QED) is 0.789. The lowest BCUT2D eigenvalue weighted by atomic mass is 10.1. The normalized spacial score (nSPS) is 17.6. The fraction of sp³-hybridized carbons (Fsp3) is 0.385. The lowest BCUT2D eigenvalue weighted by molar-refractivity contribution is -0.126. The van der Waals surface area contributed by atoms with Crippen molar-refractivity contribution in [3.05, 3.63) is 23.8 Å². The van der Waals surface area contributed by atoms with Gasteiger partial charge in [0, 0.05) is 6.54 Å². The summed E-state index contributed by atoms with van der Waals surface area (Å²) in [5, 5.41) is 0. The molecule has 2 N–H and O–H groups in total. The highest BCUT2D eigenvalue weighted by Crippen LogP contribution is 2.33. The molecule has 0 bridgehead atoms. The Kier molecular flexibility index (Phi) is 2.77. The molecule has 2 aliphatic rings. The van der Waals surface area contributed by atoms with Crippen molar-refractivity contribution in [2.45, 2.75) is 6.42 Å². The number of ether oxygens (including phenoxy) is 1. The van der Waals surface area contributed by atoms with Crippen LogP contribution in [-0.2, 0) is 16.0 Å². The van der Waals surface area contributed by atoms with Gasteiger partial charge in [0.1, 0.15) is 6.61 Å². The number of amides is 2. The fourth-order valence-corrected chi connectivity index (χ4v) is 2.59. The Labute approximate surface area is 110 Å². The Morgan fingerprint density at radius 2 is 2.21 bits per heavy atom. The highest BCUT2D eigenvalue weighted by Gasteiger charge is 2.31. The van der Waals surface area contributed by atoms with Crippen LogP contribution in [0.4, 0.5) is 16.2 Å². The van der Waals surface area contributed by atoms with Crippen LogP contribution in [0.1, 0.15) is 5.56 Å². The second-order valence-electron chi connectivity index (χ2n) is 4.69. The maximum atomic E-state index is 12.1. The third-order valence-corrected chi connectivity index (χ3v) is 3.51. The molecule has 0 saturated carbocycles. The van der Waals surface area contributed by atoms with Crippen molar-refractivity contribution in [1.82, 2.24) is 4.90 Å². The van der Waals surface area contributed by atoms with Crippen LogP contribution in [0.25, 0.3) is 0 Å². The van der Waals surface area contributed by atoms with E-state index in [9.17, 15) is 9.59 Å². The van der Waals surface area contributed by atoms with E-state index in [1.807, 2.05) is 23.1 Å². The standard InChI is InChI=1S/C13H15N3O3/c14-10-3-1-2-9-4-5-15(12(9)10)8-11(17)16-6-7-19-13(16)18/h1-3H,4-8,14H2. The Morgan fingerprint density at radius 3 is 2.95 bits per heavy atom. The van der Waals surface area contributed by atoms with Crippen molar-refractivity contribution in [3.63, 3.8) is 0 Å². The number of fused-ring (bicyclic) bond motifs is 1. The van der Waals surface area contributed by atoms with Gasteiger partial charge in [0.05, 0.1) is 24.5 Å². The van der Waals surface area contributed by atoms with Crippen LogP contribution in [0.2, 0.25) is 0 Å². The number of cyclic esters (lactones) is 1. The number of hydrogen-bond acceptors (Lipinski definition) is 5. The van der Waals surface area contributed by atoms with E-state index in [-0.39, 0.29) is 19.1 Å². The molecule has 6 nitrogen and oxygen atoms in total. The third kappa shape index (κ3) is 1.99. The zero-order valence-electron chi connectivity index (χ0n) is 10.5. The summed E-state index contributed by atoms with van der Waals surface area (Å²) in [5.41, 5.74) is 8.70. The highest BCUT2D eigenvalue weighted by atomic mass is 16.6. The number of hydrogen-bond donors (Lipinski definition) is 1. The average Bonchev–Trinajstić information content (AvgIpc) is 2.97. The molecule has 0 radical (unpaired) electrons. The molecule has 3 rings (SSSR count). The molecule has 1 fully saturated rings. The first-order chi connectivity index (χ1) is 9.16. The van der Waals surface area contributed by atoms with E-state index in [1.165, 1.54) is 0 Å². The minimum Gasteiger partial charge on any atom is -0.447 e. The van der Waals surface area contributed by atoms with Gasteiger partial charge in [-0.05, 0) is 18.1 Å². The Balaban J connectivity index is 1.76. The molecular weight excluding hydrogens is 246 g/mol. The van der Waals surface area contributed by atoms with Crippen LogP contribution in [0.5, 0.6) is 0 Å². The topological polar surface area (TPSA) is 75.9 Å². The van der Waals surface area contributed by atoms with Gasteiger partial charge in [0.25, 0.3) is 5.91 Å². The summed E-state index contributed by atoms with van der Waals surface area (Å²) in [6, 6.07) is 5.75. The van der Waals surface area contributed by atoms with Crippen molar-refractivity contribution in [3.8, 4) is 0 Å². The van der Waals surface area contributed by atoms with Gasteiger partial charge in [0.2, 0.25) is 0 Å². The number of anilines is 2. The van der Waals surface area contributed by atoms with Crippen LogP contribution in [-0.4, -0.2) is 43.1 Å². The second kappa shape index (κ2) is 4.46. The zero-order valence-corrected chi connectivity index (χ0v) is 10.5. The molecule has 1 saturated heterocycles. The number of nitrogens with zero attached hydrogens (tertiary/aromatic N) is 2. The van der Waals surface area contributed by atoms with E-state index in [0.29, 0.717) is 12.2 Å². The third-order valence-electron chi connectivity index (χ3n) is 3.51. The first-order valence-electron chi connectivity index (χ1n) is 6.26. The van der Waals surface area contributed by atoms with Crippen LogP contribution in [0.3, 0.4) is 0 Å². The zero-order chi connectivity index (χ0) is 13.4. The van der Waals surface area contributed by atoms with Crippen LogP contribution in [0.15, 0.2) is 18.2 Å². The van der Waals surface area contributed by atoms with Gasteiger partial charge in [-0.25, -0.2) is 9.69 Å². The van der Waals surface area contributed by atoms with Gasteiger partial charge in [-0.2, -0.15) is 0 Å². The Bertz CT molecular complexity index is 544. The summed E-state index contributed by atoms with van der Waals surface area (Å²) in [5.74, 6) is -0.237. The van der Waals surface area contributed by atoms with E-state index >= 15 is 0 Å². The molecule has 0 aliphatic carbocycles. The van der Waals surface area contributed by atoms with E-state index in [2.05, 4.69) is 0 Å². The SMILES string of the molecule is Nc1cccc2c1N(CC(=O)N1CCOC1=O)CC2. The molecular formula is C13H15N3O3. The van der Waals surface area contributed by atoms with Gasteiger partial charge < -0.3 is 15.4 Å². The number of benzene rings is 1. The molecule has 2 amide bonds. The minimum atomic E-state index is -0.551. The Morgan fingerprint density at radius 1 is 1.37 bits per heavy atom. The summed E-state index contributed by atoms with van der Waals surface area (Å²) < 4.78 is 4.77. The molecule has 2 aliphatic heterocycles. The lowest BCUT2D eigenvalue weighted by Crippen LogP contribution is -2.40. The lowest BCUT2D eigenvalue weighted by Gasteiger charge is -2.22. The van der Waals surface area contributed by atoms with Crippen LogP contribution < -0.4 is 10.6 Å². The van der Waals surface area contributed by atoms with Crippen molar-refractivity contribution in [2.75, 3.05) is 36.9 Å².